The molecular weight excluding hydrogens is 452 g/mol. The van der Waals surface area contributed by atoms with Gasteiger partial charge in [-0.1, -0.05) is 33.6 Å². The van der Waals surface area contributed by atoms with Crippen LogP contribution < -0.4 is 20.8 Å². The number of carbonyl (C=O) groups is 3. The van der Waals surface area contributed by atoms with Gasteiger partial charge in [0.25, 0.3) is 5.91 Å². The van der Waals surface area contributed by atoms with E-state index in [1.54, 1.807) is 42.5 Å². The van der Waals surface area contributed by atoms with Gasteiger partial charge in [0.1, 0.15) is 5.75 Å². The maximum absolute atomic E-state index is 12.1. The molecule has 0 heterocycles. The first-order valence-electron chi connectivity index (χ1n) is 7.92. The number of carbonyl (C=O) groups excluding carboxylic acids is 3. The van der Waals surface area contributed by atoms with E-state index in [9.17, 15) is 14.4 Å². The van der Waals surface area contributed by atoms with Gasteiger partial charge in [0.15, 0.2) is 6.61 Å². The van der Waals surface area contributed by atoms with Crippen molar-refractivity contribution in [2.24, 2.45) is 5.10 Å². The van der Waals surface area contributed by atoms with Gasteiger partial charge in [0, 0.05) is 27.8 Å². The van der Waals surface area contributed by atoms with Crippen LogP contribution in [-0.2, 0) is 14.4 Å². The van der Waals surface area contributed by atoms with Crippen molar-refractivity contribution >= 4 is 57.2 Å². The van der Waals surface area contributed by atoms with Crippen molar-refractivity contribution < 1.29 is 19.1 Å². The van der Waals surface area contributed by atoms with Crippen molar-refractivity contribution in [1.29, 1.82) is 0 Å². The van der Waals surface area contributed by atoms with Crippen LogP contribution in [0.4, 0.5) is 5.69 Å². The molecule has 0 spiro atoms. The van der Waals surface area contributed by atoms with E-state index in [1.165, 1.54) is 13.3 Å². The highest BCUT2D eigenvalue weighted by Gasteiger charge is 2.10. The minimum absolute atomic E-state index is 0.250. The van der Waals surface area contributed by atoms with E-state index in [-0.39, 0.29) is 12.5 Å². The first kappa shape index (κ1) is 21.4. The lowest BCUT2D eigenvalue weighted by Gasteiger charge is -2.10. The quantitative estimate of drug-likeness (QED) is 0.344. The monoisotopic (exact) mass is 466 g/mol. The highest BCUT2D eigenvalue weighted by atomic mass is 79.9. The average molecular weight is 468 g/mol. The number of nitrogens with zero attached hydrogens (tertiary/aromatic N) is 1. The average Bonchev–Trinajstić information content (AvgIpc) is 2.66. The van der Waals surface area contributed by atoms with E-state index in [2.05, 4.69) is 37.1 Å². The molecule has 0 saturated carbocycles. The molecule has 0 unspecified atom stereocenters. The van der Waals surface area contributed by atoms with E-state index in [4.69, 9.17) is 16.3 Å². The van der Waals surface area contributed by atoms with Gasteiger partial charge in [0.2, 0.25) is 0 Å². The maximum atomic E-state index is 12.1. The topological polar surface area (TPSA) is 109 Å². The summed E-state index contributed by atoms with van der Waals surface area (Å²) in [5.74, 6) is -1.74. The van der Waals surface area contributed by atoms with Gasteiger partial charge in [-0.25, -0.2) is 5.43 Å². The summed E-state index contributed by atoms with van der Waals surface area (Å²) in [5, 5.41) is 9.07. The maximum Gasteiger partial charge on any atom is 0.329 e. The number of amides is 3. The van der Waals surface area contributed by atoms with Gasteiger partial charge < -0.3 is 15.4 Å². The molecule has 0 aromatic heterocycles. The molecule has 0 aliphatic rings. The lowest BCUT2D eigenvalue weighted by atomic mass is 10.2. The summed E-state index contributed by atoms with van der Waals surface area (Å²) in [4.78, 5) is 34.6. The Hall–Kier alpha value is -2.91. The molecule has 146 valence electrons. The van der Waals surface area contributed by atoms with Crippen molar-refractivity contribution in [2.75, 3.05) is 19.0 Å². The van der Waals surface area contributed by atoms with Crippen molar-refractivity contribution in [2.45, 2.75) is 0 Å². The number of nitrogens with one attached hydrogen (secondary N) is 3. The van der Waals surface area contributed by atoms with Crippen LogP contribution in [0.15, 0.2) is 52.0 Å². The van der Waals surface area contributed by atoms with E-state index >= 15 is 0 Å². The highest BCUT2D eigenvalue weighted by Crippen LogP contribution is 2.22. The number of anilines is 1. The molecule has 3 N–H and O–H groups in total. The summed E-state index contributed by atoms with van der Waals surface area (Å²) in [5.41, 5.74) is 3.13. The number of hydrogen-bond acceptors (Lipinski definition) is 5. The minimum atomic E-state index is -0.905. The predicted molar refractivity (Wildman–Crippen MR) is 110 cm³/mol. The van der Waals surface area contributed by atoms with Crippen LogP contribution >= 0.6 is 27.5 Å². The summed E-state index contributed by atoms with van der Waals surface area (Å²) < 4.78 is 6.27. The van der Waals surface area contributed by atoms with Crippen LogP contribution in [0.2, 0.25) is 5.02 Å². The third-order valence-corrected chi connectivity index (χ3v) is 3.97. The number of hydrogen-bond donors (Lipinski definition) is 3. The van der Waals surface area contributed by atoms with Gasteiger partial charge >= 0.3 is 11.8 Å². The molecule has 2 aromatic rings. The second-order valence-electron chi connectivity index (χ2n) is 5.31. The Kier molecular flexibility index (Phi) is 7.97. The minimum Gasteiger partial charge on any atom is -0.483 e. The fraction of sp³-hybridized carbons (Fsp3) is 0.111. The molecule has 3 amide bonds. The van der Waals surface area contributed by atoms with Crippen molar-refractivity contribution in [3.63, 3.8) is 0 Å². The molecule has 0 fully saturated rings. The van der Waals surface area contributed by atoms with Gasteiger partial charge in [-0.15, -0.1) is 0 Å². The number of likely N-dealkylation sites (N-methyl/N-ethyl adjacent to an activating group) is 1. The molecule has 8 nitrogen and oxygen atoms in total. The van der Waals surface area contributed by atoms with E-state index in [1.807, 2.05) is 0 Å². The number of ether oxygens (including phenoxy) is 1. The molecule has 10 heteroatoms. The number of rotatable bonds is 6. The summed E-state index contributed by atoms with van der Waals surface area (Å²) in [6, 6.07) is 11.8. The normalized spacial score (nSPS) is 10.4. The van der Waals surface area contributed by atoms with E-state index < -0.39 is 11.8 Å². The van der Waals surface area contributed by atoms with Crippen LogP contribution in [0.3, 0.4) is 0 Å². The van der Waals surface area contributed by atoms with Crippen LogP contribution in [-0.4, -0.2) is 37.6 Å². The predicted octanol–water partition coefficient (Wildman–Crippen LogP) is 2.32. The second-order valence-corrected chi connectivity index (χ2v) is 6.66. The fourth-order valence-corrected chi connectivity index (χ4v) is 2.55. The molecule has 0 saturated heterocycles. The molecular formula is C18H16BrClN4O4. The molecule has 0 radical (unpaired) electrons. The third-order valence-electron chi connectivity index (χ3n) is 3.24. The van der Waals surface area contributed by atoms with Crippen LogP contribution in [0.5, 0.6) is 5.75 Å². The molecule has 2 aromatic carbocycles. The molecule has 0 aliphatic heterocycles. The van der Waals surface area contributed by atoms with Crippen LogP contribution in [0.1, 0.15) is 5.56 Å². The number of benzene rings is 2. The Labute approximate surface area is 174 Å². The molecule has 2 rings (SSSR count). The summed E-state index contributed by atoms with van der Waals surface area (Å²) >= 11 is 9.20. The van der Waals surface area contributed by atoms with Crippen molar-refractivity contribution in [3.8, 4) is 5.75 Å². The molecule has 0 bridgehead atoms. The van der Waals surface area contributed by atoms with Crippen LogP contribution in [0.25, 0.3) is 0 Å². The Balaban J connectivity index is 2.00. The Morgan fingerprint density at radius 3 is 2.68 bits per heavy atom. The Bertz CT molecular complexity index is 920. The fourth-order valence-electron chi connectivity index (χ4n) is 1.98. The summed E-state index contributed by atoms with van der Waals surface area (Å²) in [6.07, 6.45) is 1.30. The zero-order valence-electron chi connectivity index (χ0n) is 14.7. The number of halogens is 2. The smallest absolute Gasteiger partial charge is 0.329 e. The third kappa shape index (κ3) is 6.67. The number of hydrazone groups is 1. The highest BCUT2D eigenvalue weighted by molar-refractivity contribution is 9.10. The van der Waals surface area contributed by atoms with Gasteiger partial charge in [-0.3, -0.25) is 14.4 Å². The van der Waals surface area contributed by atoms with Crippen molar-refractivity contribution in [1.82, 2.24) is 10.7 Å². The zero-order chi connectivity index (χ0) is 20.5. The first-order chi connectivity index (χ1) is 13.4. The van der Waals surface area contributed by atoms with E-state index in [0.29, 0.717) is 22.0 Å². The van der Waals surface area contributed by atoms with E-state index in [0.717, 1.165) is 4.47 Å². The first-order valence-corrected chi connectivity index (χ1v) is 9.09. The SMILES string of the molecule is CNC(=O)C(=O)N/N=C\c1cc(Br)ccc1OCC(=O)Nc1cccc(Cl)c1. The lowest BCUT2D eigenvalue weighted by Crippen LogP contribution is -2.35. The van der Waals surface area contributed by atoms with Gasteiger partial charge in [-0.05, 0) is 36.4 Å². The molecule has 0 aliphatic carbocycles. The Morgan fingerprint density at radius 1 is 1.18 bits per heavy atom. The molecule has 0 atom stereocenters. The standard InChI is InChI=1S/C18H16BrClN4O4/c1-21-17(26)18(27)24-22-9-11-7-12(19)5-6-15(11)28-10-16(25)23-14-4-2-3-13(20)8-14/h2-9H,10H2,1H3,(H,21,26)(H,23,25)(H,24,27)/b22-9-. The van der Waals surface area contributed by atoms with Gasteiger partial charge in [-0.2, -0.15) is 5.10 Å². The summed E-state index contributed by atoms with van der Waals surface area (Å²) in [7, 11) is 1.33. The molecule has 28 heavy (non-hydrogen) atoms. The zero-order valence-corrected chi connectivity index (χ0v) is 17.0. The second kappa shape index (κ2) is 10.4. The largest absolute Gasteiger partial charge is 0.483 e. The van der Waals surface area contributed by atoms with Gasteiger partial charge in [0.05, 0.1) is 6.21 Å². The lowest BCUT2D eigenvalue weighted by molar-refractivity contribution is -0.138. The Morgan fingerprint density at radius 2 is 1.96 bits per heavy atom. The van der Waals surface area contributed by atoms with Crippen LogP contribution in [0, 0.1) is 0 Å². The van der Waals surface area contributed by atoms with Crippen molar-refractivity contribution in [3.05, 3.63) is 57.5 Å². The summed E-state index contributed by atoms with van der Waals surface area (Å²) in [6.45, 7) is -0.250.